The first-order valence-corrected chi connectivity index (χ1v) is 10.0. The number of nitrogens with one attached hydrogen (secondary N) is 2. The van der Waals surface area contributed by atoms with Crippen molar-refractivity contribution in [1.82, 2.24) is 15.2 Å². The number of nitrogens with zero attached hydrogens (tertiary/aromatic N) is 3. The van der Waals surface area contributed by atoms with Crippen molar-refractivity contribution >= 4 is 35.8 Å². The van der Waals surface area contributed by atoms with Crippen LogP contribution in [-0.4, -0.2) is 56.7 Å². The lowest BCUT2D eigenvalue weighted by molar-refractivity contribution is 0.382. The van der Waals surface area contributed by atoms with Gasteiger partial charge in [-0.2, -0.15) is 0 Å². The van der Waals surface area contributed by atoms with Gasteiger partial charge >= 0.3 is 0 Å². The number of unbranched alkanes of at least 4 members (excludes halogenated alkanes) is 1. The van der Waals surface area contributed by atoms with Crippen LogP contribution in [0.4, 0.5) is 5.82 Å². The second-order valence-electron chi connectivity index (χ2n) is 6.62. The second-order valence-corrected chi connectivity index (χ2v) is 6.62. The Morgan fingerprint density at radius 1 is 1.13 bits per heavy atom. The highest BCUT2D eigenvalue weighted by Gasteiger charge is 2.11. The molecule has 2 aromatic rings. The summed E-state index contributed by atoms with van der Waals surface area (Å²) >= 11 is 0. The molecule has 0 bridgehead atoms. The number of benzene rings is 1. The summed E-state index contributed by atoms with van der Waals surface area (Å²) in [6, 6.07) is 11.8. The van der Waals surface area contributed by atoms with Crippen molar-refractivity contribution in [2.24, 2.45) is 4.99 Å². The molecule has 166 valence electrons. The Morgan fingerprint density at radius 3 is 2.63 bits per heavy atom. The van der Waals surface area contributed by atoms with Crippen molar-refractivity contribution in [3.05, 3.63) is 48.2 Å². The van der Waals surface area contributed by atoms with Crippen molar-refractivity contribution in [3.8, 4) is 11.5 Å². The van der Waals surface area contributed by atoms with Crippen LogP contribution in [0.1, 0.15) is 25.3 Å². The number of methoxy groups -OCH3 is 2. The number of aromatic nitrogens is 1. The number of aliphatic imine (C=N–C) groups is 1. The zero-order valence-electron chi connectivity index (χ0n) is 18.4. The molecule has 0 aliphatic rings. The van der Waals surface area contributed by atoms with Gasteiger partial charge in [-0.25, -0.2) is 4.98 Å². The van der Waals surface area contributed by atoms with Crippen LogP contribution in [0.5, 0.6) is 11.5 Å². The molecule has 1 aromatic carbocycles. The van der Waals surface area contributed by atoms with E-state index < -0.39 is 0 Å². The molecule has 0 saturated heterocycles. The molecule has 2 rings (SSSR count). The van der Waals surface area contributed by atoms with Gasteiger partial charge in [-0.1, -0.05) is 6.07 Å². The van der Waals surface area contributed by atoms with Crippen molar-refractivity contribution in [2.45, 2.75) is 26.3 Å². The summed E-state index contributed by atoms with van der Waals surface area (Å²) < 4.78 is 10.8. The Hall–Kier alpha value is -2.23. The van der Waals surface area contributed by atoms with Gasteiger partial charge in [0.15, 0.2) is 5.96 Å². The standard InChI is InChI=1S/C22H33N5O2.HI/c1-5-23-22(26-15-9-8-14-25-21-10-6-7-13-24-21)27(2)17-18-11-12-19(28-3)16-20(18)29-4;/h6-7,10-13,16H,5,8-9,14-15,17H2,1-4H3,(H,23,26)(H,24,25);1H. The molecule has 0 aliphatic heterocycles. The van der Waals surface area contributed by atoms with E-state index in [1.54, 1.807) is 20.4 Å². The van der Waals surface area contributed by atoms with E-state index in [1.165, 1.54) is 0 Å². The molecular formula is C22H34IN5O2. The predicted octanol–water partition coefficient (Wildman–Crippen LogP) is 4.01. The number of ether oxygens (including phenoxy) is 2. The van der Waals surface area contributed by atoms with Gasteiger partial charge < -0.3 is 25.0 Å². The van der Waals surface area contributed by atoms with Gasteiger partial charge in [-0.05, 0) is 44.0 Å². The molecule has 0 amide bonds. The van der Waals surface area contributed by atoms with E-state index in [0.717, 1.165) is 61.3 Å². The minimum absolute atomic E-state index is 0. The molecule has 7 nitrogen and oxygen atoms in total. The van der Waals surface area contributed by atoms with Crippen LogP contribution in [0.2, 0.25) is 0 Å². The van der Waals surface area contributed by atoms with Crippen molar-refractivity contribution in [1.29, 1.82) is 0 Å². The molecule has 0 fully saturated rings. The first kappa shape index (κ1) is 25.8. The first-order valence-electron chi connectivity index (χ1n) is 10.0. The number of pyridine rings is 1. The molecule has 1 aromatic heterocycles. The number of halogens is 1. The lowest BCUT2D eigenvalue weighted by Gasteiger charge is -2.23. The van der Waals surface area contributed by atoms with Gasteiger partial charge in [0.25, 0.3) is 0 Å². The summed E-state index contributed by atoms with van der Waals surface area (Å²) in [4.78, 5) is 11.1. The molecule has 0 spiro atoms. The summed E-state index contributed by atoms with van der Waals surface area (Å²) in [6.45, 7) is 5.26. The van der Waals surface area contributed by atoms with E-state index in [1.807, 2.05) is 43.4 Å². The molecule has 8 heteroatoms. The Labute approximate surface area is 197 Å². The van der Waals surface area contributed by atoms with E-state index in [-0.39, 0.29) is 24.0 Å². The van der Waals surface area contributed by atoms with Crippen LogP contribution in [0, 0.1) is 0 Å². The third-order valence-corrected chi connectivity index (χ3v) is 4.42. The zero-order chi connectivity index (χ0) is 20.9. The predicted molar refractivity (Wildman–Crippen MR) is 134 cm³/mol. The van der Waals surface area contributed by atoms with Crippen LogP contribution < -0.4 is 20.1 Å². The Kier molecular flexibility index (Phi) is 12.6. The maximum atomic E-state index is 5.51. The molecule has 0 radical (unpaired) electrons. The van der Waals surface area contributed by atoms with E-state index in [2.05, 4.69) is 27.4 Å². The van der Waals surface area contributed by atoms with Gasteiger partial charge in [0.05, 0.1) is 14.2 Å². The average Bonchev–Trinajstić information content (AvgIpc) is 2.76. The third-order valence-electron chi connectivity index (χ3n) is 4.42. The smallest absolute Gasteiger partial charge is 0.193 e. The second kappa shape index (κ2) is 14.7. The summed E-state index contributed by atoms with van der Waals surface area (Å²) in [6.07, 6.45) is 3.84. The number of anilines is 1. The quantitative estimate of drug-likeness (QED) is 0.199. The summed E-state index contributed by atoms with van der Waals surface area (Å²) in [5, 5.41) is 6.69. The first-order chi connectivity index (χ1) is 14.2. The Balaban J connectivity index is 0.00000450. The number of hydrogen-bond acceptors (Lipinski definition) is 5. The normalized spacial score (nSPS) is 10.7. The van der Waals surface area contributed by atoms with Crippen LogP contribution in [-0.2, 0) is 6.54 Å². The van der Waals surface area contributed by atoms with Crippen LogP contribution in [0.3, 0.4) is 0 Å². The maximum absolute atomic E-state index is 5.51. The van der Waals surface area contributed by atoms with E-state index >= 15 is 0 Å². The lowest BCUT2D eigenvalue weighted by Crippen LogP contribution is -2.38. The molecule has 0 aliphatic carbocycles. The highest BCUT2D eigenvalue weighted by Crippen LogP contribution is 2.25. The molecule has 0 saturated carbocycles. The molecule has 30 heavy (non-hydrogen) atoms. The van der Waals surface area contributed by atoms with E-state index in [9.17, 15) is 0 Å². The minimum atomic E-state index is 0. The van der Waals surface area contributed by atoms with Gasteiger partial charge in [0.2, 0.25) is 0 Å². The largest absolute Gasteiger partial charge is 0.497 e. The highest BCUT2D eigenvalue weighted by molar-refractivity contribution is 14.0. The Morgan fingerprint density at radius 2 is 1.97 bits per heavy atom. The molecule has 2 N–H and O–H groups in total. The molecular weight excluding hydrogens is 493 g/mol. The van der Waals surface area contributed by atoms with Crippen molar-refractivity contribution in [2.75, 3.05) is 46.2 Å². The lowest BCUT2D eigenvalue weighted by atomic mass is 10.2. The van der Waals surface area contributed by atoms with Crippen LogP contribution in [0.15, 0.2) is 47.6 Å². The zero-order valence-corrected chi connectivity index (χ0v) is 20.7. The monoisotopic (exact) mass is 527 g/mol. The van der Waals surface area contributed by atoms with Crippen LogP contribution in [0.25, 0.3) is 0 Å². The number of hydrogen-bond donors (Lipinski definition) is 2. The molecule has 0 unspecified atom stereocenters. The van der Waals surface area contributed by atoms with Crippen molar-refractivity contribution in [3.63, 3.8) is 0 Å². The summed E-state index contributed by atoms with van der Waals surface area (Å²) in [5.41, 5.74) is 1.08. The topological polar surface area (TPSA) is 71.0 Å². The van der Waals surface area contributed by atoms with E-state index in [4.69, 9.17) is 14.5 Å². The fourth-order valence-corrected chi connectivity index (χ4v) is 2.89. The molecule has 1 heterocycles. The SMILES string of the molecule is CCNC(=NCCCCNc1ccccn1)N(C)Cc1ccc(OC)cc1OC.I. The van der Waals surface area contributed by atoms with Gasteiger partial charge in [-0.15, -0.1) is 24.0 Å². The molecule has 0 atom stereocenters. The van der Waals surface area contributed by atoms with E-state index in [0.29, 0.717) is 6.54 Å². The fourth-order valence-electron chi connectivity index (χ4n) is 2.89. The fraction of sp³-hybridized carbons (Fsp3) is 0.455. The highest BCUT2D eigenvalue weighted by atomic mass is 127. The summed E-state index contributed by atoms with van der Waals surface area (Å²) in [5.74, 6) is 3.40. The van der Waals surface area contributed by atoms with Gasteiger partial charge in [-0.3, -0.25) is 4.99 Å². The third kappa shape index (κ3) is 8.64. The number of guanidine groups is 1. The average molecular weight is 527 g/mol. The minimum Gasteiger partial charge on any atom is -0.497 e. The van der Waals surface area contributed by atoms with Gasteiger partial charge in [0.1, 0.15) is 17.3 Å². The summed E-state index contributed by atoms with van der Waals surface area (Å²) in [7, 11) is 5.37. The van der Waals surface area contributed by atoms with Crippen LogP contribution >= 0.6 is 24.0 Å². The Bertz CT molecular complexity index is 758. The maximum Gasteiger partial charge on any atom is 0.193 e. The number of rotatable bonds is 11. The van der Waals surface area contributed by atoms with Gasteiger partial charge in [0, 0.05) is 51.1 Å². The van der Waals surface area contributed by atoms with Crippen molar-refractivity contribution < 1.29 is 9.47 Å².